The van der Waals surface area contributed by atoms with Gasteiger partial charge in [-0.2, -0.15) is 0 Å². The van der Waals surface area contributed by atoms with Crippen LogP contribution >= 0.6 is 0 Å². The Kier molecular flexibility index (Phi) is 5.37. The number of ketones is 1. The van der Waals surface area contributed by atoms with Crippen molar-refractivity contribution < 1.29 is 9.90 Å². The van der Waals surface area contributed by atoms with Crippen LogP contribution in [0.25, 0.3) is 0 Å². The van der Waals surface area contributed by atoms with Crippen molar-refractivity contribution in [2.24, 2.45) is 5.92 Å². The quantitative estimate of drug-likeness (QED) is 0.623. The zero-order valence-electron chi connectivity index (χ0n) is 10.2. The summed E-state index contributed by atoms with van der Waals surface area (Å²) in [4.78, 5) is 11.8. The predicted molar refractivity (Wildman–Crippen MR) is 69.5 cm³/mol. The number of allylic oxidation sites excluding steroid dienone is 4. The highest BCUT2D eigenvalue weighted by atomic mass is 16.3. The first-order valence-corrected chi connectivity index (χ1v) is 5.73. The van der Waals surface area contributed by atoms with Gasteiger partial charge in [0.05, 0.1) is 6.10 Å². The molecule has 2 nitrogen and oxygen atoms in total. The zero-order chi connectivity index (χ0) is 12.7. The minimum Gasteiger partial charge on any atom is -0.388 e. The molecule has 0 aliphatic carbocycles. The summed E-state index contributed by atoms with van der Waals surface area (Å²) in [5.41, 5.74) is 0.771. The van der Waals surface area contributed by atoms with E-state index in [4.69, 9.17) is 0 Å². The van der Waals surface area contributed by atoms with Gasteiger partial charge in [-0.1, -0.05) is 55.5 Å². The van der Waals surface area contributed by atoms with Gasteiger partial charge in [0.15, 0.2) is 5.78 Å². The smallest absolute Gasteiger partial charge is 0.161 e. The van der Waals surface area contributed by atoms with E-state index in [-0.39, 0.29) is 5.78 Å². The molecule has 2 atom stereocenters. The van der Waals surface area contributed by atoms with Gasteiger partial charge >= 0.3 is 0 Å². The third kappa shape index (κ3) is 4.00. The van der Waals surface area contributed by atoms with E-state index in [0.717, 1.165) is 5.56 Å². The molecule has 0 saturated carbocycles. The van der Waals surface area contributed by atoms with E-state index in [1.54, 1.807) is 19.1 Å². The summed E-state index contributed by atoms with van der Waals surface area (Å²) in [6.45, 7) is 3.62. The van der Waals surface area contributed by atoms with Crippen LogP contribution < -0.4 is 0 Å². The van der Waals surface area contributed by atoms with Crippen molar-refractivity contribution in [3.8, 4) is 0 Å². The van der Waals surface area contributed by atoms with Crippen LogP contribution in [0.4, 0.5) is 0 Å². The van der Waals surface area contributed by atoms with E-state index in [0.29, 0.717) is 0 Å². The molecule has 1 aromatic carbocycles. The topological polar surface area (TPSA) is 37.3 Å². The number of aliphatic hydroxyl groups is 1. The number of carbonyl (C=O) groups is 1. The molecule has 0 aliphatic rings. The van der Waals surface area contributed by atoms with E-state index >= 15 is 0 Å². The molecular formula is C15H18O2. The third-order valence-electron chi connectivity index (χ3n) is 2.63. The lowest BCUT2D eigenvalue weighted by atomic mass is 9.93. The zero-order valence-corrected chi connectivity index (χ0v) is 10.2. The van der Waals surface area contributed by atoms with E-state index in [1.807, 2.05) is 43.3 Å². The first-order valence-electron chi connectivity index (χ1n) is 5.73. The van der Waals surface area contributed by atoms with Crippen LogP contribution in [0.3, 0.4) is 0 Å². The second-order valence-electron chi connectivity index (χ2n) is 3.93. The average molecular weight is 230 g/mol. The van der Waals surface area contributed by atoms with Crippen LogP contribution in [-0.2, 0) is 4.79 Å². The second-order valence-corrected chi connectivity index (χ2v) is 3.93. The number of hydrogen-bond donors (Lipinski definition) is 1. The lowest BCUT2D eigenvalue weighted by molar-refractivity contribution is -0.121. The molecule has 17 heavy (non-hydrogen) atoms. The van der Waals surface area contributed by atoms with Gasteiger partial charge in [-0.15, -0.1) is 0 Å². The Bertz CT molecular complexity index is 404. The molecule has 0 saturated heterocycles. The van der Waals surface area contributed by atoms with Crippen molar-refractivity contribution in [3.05, 3.63) is 60.2 Å². The maximum absolute atomic E-state index is 11.8. The molecule has 0 aromatic heterocycles. The van der Waals surface area contributed by atoms with Crippen LogP contribution in [0.5, 0.6) is 0 Å². The van der Waals surface area contributed by atoms with Crippen molar-refractivity contribution in [2.45, 2.75) is 20.0 Å². The maximum Gasteiger partial charge on any atom is 0.161 e. The van der Waals surface area contributed by atoms with E-state index in [2.05, 4.69) is 0 Å². The third-order valence-corrected chi connectivity index (χ3v) is 2.63. The van der Waals surface area contributed by atoms with Crippen molar-refractivity contribution in [3.63, 3.8) is 0 Å². The Morgan fingerprint density at radius 2 is 1.88 bits per heavy atom. The van der Waals surface area contributed by atoms with Crippen LogP contribution in [0.1, 0.15) is 25.5 Å². The molecule has 0 heterocycles. The van der Waals surface area contributed by atoms with Crippen molar-refractivity contribution >= 4 is 5.78 Å². The lowest BCUT2D eigenvalue weighted by Crippen LogP contribution is -2.17. The molecule has 0 radical (unpaired) electrons. The maximum atomic E-state index is 11.8. The highest BCUT2D eigenvalue weighted by molar-refractivity contribution is 5.92. The summed E-state index contributed by atoms with van der Waals surface area (Å²) in [6.07, 6.45) is 6.08. The van der Waals surface area contributed by atoms with E-state index in [9.17, 15) is 9.90 Å². The first kappa shape index (κ1) is 13.4. The Balaban J connectivity index is 2.70. The van der Waals surface area contributed by atoms with Crippen LogP contribution in [0, 0.1) is 5.92 Å². The van der Waals surface area contributed by atoms with Gasteiger partial charge in [-0.05, 0) is 18.6 Å². The van der Waals surface area contributed by atoms with Crippen LogP contribution in [0.15, 0.2) is 54.6 Å². The molecule has 90 valence electrons. The Morgan fingerprint density at radius 1 is 1.24 bits per heavy atom. The van der Waals surface area contributed by atoms with E-state index < -0.39 is 12.0 Å². The number of hydrogen-bond acceptors (Lipinski definition) is 2. The molecule has 0 fully saturated rings. The SMILES string of the molecule is C/C=C/C=C/C(=O)[C@H](C)[C@H](O)c1ccccc1. The minimum atomic E-state index is -0.751. The molecule has 0 bridgehead atoms. The average Bonchev–Trinajstić information content (AvgIpc) is 2.38. The van der Waals surface area contributed by atoms with Gasteiger partial charge in [0.2, 0.25) is 0 Å². The molecule has 2 heteroatoms. The standard InChI is InChI=1S/C15H18O2/c1-3-4-6-11-14(16)12(2)15(17)13-9-7-5-8-10-13/h3-12,15,17H,1-2H3/b4-3+,11-6+/t12-,15-/m0/s1. The summed E-state index contributed by atoms with van der Waals surface area (Å²) >= 11 is 0. The monoisotopic (exact) mass is 230 g/mol. The van der Waals surface area contributed by atoms with Crippen LogP contribution in [-0.4, -0.2) is 10.9 Å². The normalized spacial score (nSPS) is 15.2. The summed E-state index contributed by atoms with van der Waals surface area (Å²) in [5, 5.41) is 10.0. The fourth-order valence-corrected chi connectivity index (χ4v) is 1.51. The van der Waals surface area contributed by atoms with Crippen molar-refractivity contribution in [2.75, 3.05) is 0 Å². The minimum absolute atomic E-state index is 0.0700. The van der Waals surface area contributed by atoms with Gasteiger partial charge < -0.3 is 5.11 Å². The van der Waals surface area contributed by atoms with Crippen molar-refractivity contribution in [1.29, 1.82) is 0 Å². The lowest BCUT2D eigenvalue weighted by Gasteiger charge is -2.16. The molecule has 0 unspecified atom stereocenters. The Hall–Kier alpha value is -1.67. The molecular weight excluding hydrogens is 212 g/mol. The second kappa shape index (κ2) is 6.81. The Morgan fingerprint density at radius 3 is 2.47 bits per heavy atom. The number of benzene rings is 1. The summed E-state index contributed by atoms with van der Waals surface area (Å²) in [7, 11) is 0. The number of carbonyl (C=O) groups excluding carboxylic acids is 1. The largest absolute Gasteiger partial charge is 0.388 e. The fourth-order valence-electron chi connectivity index (χ4n) is 1.51. The highest BCUT2D eigenvalue weighted by Crippen LogP contribution is 2.22. The van der Waals surface area contributed by atoms with Crippen LogP contribution in [0.2, 0.25) is 0 Å². The summed E-state index contributed by atoms with van der Waals surface area (Å²) < 4.78 is 0. The van der Waals surface area contributed by atoms with Gasteiger partial charge in [-0.3, -0.25) is 4.79 Å². The number of rotatable bonds is 5. The Labute approximate surface area is 102 Å². The van der Waals surface area contributed by atoms with Gasteiger partial charge in [0.25, 0.3) is 0 Å². The van der Waals surface area contributed by atoms with E-state index in [1.165, 1.54) is 6.08 Å². The fraction of sp³-hybridized carbons (Fsp3) is 0.267. The molecule has 1 N–H and O–H groups in total. The molecule has 1 aromatic rings. The van der Waals surface area contributed by atoms with Gasteiger partial charge in [0.1, 0.15) is 0 Å². The molecule has 0 amide bonds. The summed E-state index contributed by atoms with van der Waals surface area (Å²) in [5.74, 6) is -0.502. The highest BCUT2D eigenvalue weighted by Gasteiger charge is 2.21. The van der Waals surface area contributed by atoms with Crippen molar-refractivity contribution in [1.82, 2.24) is 0 Å². The van der Waals surface area contributed by atoms with Gasteiger partial charge in [0, 0.05) is 5.92 Å². The predicted octanol–water partition coefficient (Wildman–Crippen LogP) is 3.06. The first-order chi connectivity index (χ1) is 8.16. The molecule has 0 spiro atoms. The molecule has 1 rings (SSSR count). The number of aliphatic hydroxyl groups excluding tert-OH is 1. The van der Waals surface area contributed by atoms with Gasteiger partial charge in [-0.25, -0.2) is 0 Å². The molecule has 0 aliphatic heterocycles. The summed E-state index contributed by atoms with van der Waals surface area (Å²) in [6, 6.07) is 9.24.